The van der Waals surface area contributed by atoms with Crippen LogP contribution in [0.25, 0.3) is 0 Å². The van der Waals surface area contributed by atoms with Crippen LogP contribution in [0.4, 0.5) is 0 Å². The minimum Gasteiger partial charge on any atom is -0.506 e. The van der Waals surface area contributed by atoms with E-state index in [1.54, 1.807) is 6.07 Å². The molecule has 0 saturated carbocycles. The molecule has 0 radical (unpaired) electrons. The molecule has 0 fully saturated rings. The van der Waals surface area contributed by atoms with Gasteiger partial charge in [0.1, 0.15) is 10.6 Å². The molecule has 2 N–H and O–H groups in total. The van der Waals surface area contributed by atoms with Crippen LogP contribution < -0.4 is 0 Å². The SMILES string of the molecule is O=S(=O)(O)c1c(O)ccc(Cc2ccccc2)c1Cc1ccccc1. The molecule has 0 aromatic heterocycles. The van der Waals surface area contributed by atoms with Gasteiger partial charge in [-0.3, -0.25) is 4.55 Å². The molecule has 4 nitrogen and oxygen atoms in total. The fourth-order valence-electron chi connectivity index (χ4n) is 2.92. The molecule has 0 unspecified atom stereocenters. The number of phenols is 1. The van der Waals surface area contributed by atoms with Crippen LogP contribution in [0.2, 0.25) is 0 Å². The van der Waals surface area contributed by atoms with Gasteiger partial charge in [0, 0.05) is 0 Å². The van der Waals surface area contributed by atoms with Crippen LogP contribution in [0, 0.1) is 0 Å². The van der Waals surface area contributed by atoms with Gasteiger partial charge in [0.15, 0.2) is 0 Å². The number of rotatable bonds is 5. The summed E-state index contributed by atoms with van der Waals surface area (Å²) in [6.45, 7) is 0. The Labute approximate surface area is 147 Å². The summed E-state index contributed by atoms with van der Waals surface area (Å²) in [5.74, 6) is -0.440. The van der Waals surface area contributed by atoms with Gasteiger partial charge in [-0.2, -0.15) is 8.42 Å². The number of aromatic hydroxyl groups is 1. The third-order valence-corrected chi connectivity index (χ3v) is 5.03. The van der Waals surface area contributed by atoms with Crippen LogP contribution >= 0.6 is 0 Å². The molecule has 3 aromatic carbocycles. The largest absolute Gasteiger partial charge is 0.506 e. The summed E-state index contributed by atoms with van der Waals surface area (Å²) in [4.78, 5) is -0.412. The second-order valence-electron chi connectivity index (χ2n) is 5.85. The smallest absolute Gasteiger partial charge is 0.298 e. The normalized spacial score (nSPS) is 11.4. The lowest BCUT2D eigenvalue weighted by atomic mass is 9.95. The lowest BCUT2D eigenvalue weighted by molar-refractivity contribution is 0.441. The quantitative estimate of drug-likeness (QED) is 0.683. The maximum Gasteiger partial charge on any atom is 0.298 e. The van der Waals surface area contributed by atoms with Crippen molar-refractivity contribution in [2.45, 2.75) is 17.7 Å². The van der Waals surface area contributed by atoms with E-state index in [0.717, 1.165) is 16.7 Å². The fraction of sp³-hybridized carbons (Fsp3) is 0.100. The van der Waals surface area contributed by atoms with Crippen molar-refractivity contribution in [3.05, 3.63) is 95.1 Å². The predicted molar refractivity (Wildman–Crippen MR) is 96.4 cm³/mol. The van der Waals surface area contributed by atoms with Gasteiger partial charge >= 0.3 is 0 Å². The van der Waals surface area contributed by atoms with E-state index in [2.05, 4.69) is 0 Å². The van der Waals surface area contributed by atoms with Crippen LogP contribution in [-0.4, -0.2) is 18.1 Å². The maximum atomic E-state index is 11.9. The van der Waals surface area contributed by atoms with E-state index in [-0.39, 0.29) is 0 Å². The molecular weight excluding hydrogens is 336 g/mol. The Bertz CT molecular complexity index is 965. The van der Waals surface area contributed by atoms with Gasteiger partial charge < -0.3 is 5.11 Å². The molecule has 0 amide bonds. The molecule has 3 rings (SSSR count). The van der Waals surface area contributed by atoms with E-state index in [4.69, 9.17) is 0 Å². The molecule has 0 atom stereocenters. The van der Waals surface area contributed by atoms with Gasteiger partial charge in [-0.15, -0.1) is 0 Å². The van der Waals surface area contributed by atoms with Gasteiger partial charge in [0.05, 0.1) is 0 Å². The summed E-state index contributed by atoms with van der Waals surface area (Å²) in [7, 11) is -4.55. The first-order chi connectivity index (χ1) is 11.9. The van der Waals surface area contributed by atoms with E-state index in [9.17, 15) is 18.1 Å². The van der Waals surface area contributed by atoms with Gasteiger partial charge in [-0.1, -0.05) is 66.7 Å². The molecule has 25 heavy (non-hydrogen) atoms. The molecule has 0 aliphatic heterocycles. The second kappa shape index (κ2) is 7.09. The van der Waals surface area contributed by atoms with Crippen LogP contribution in [0.1, 0.15) is 22.3 Å². The van der Waals surface area contributed by atoms with Crippen molar-refractivity contribution in [2.24, 2.45) is 0 Å². The summed E-state index contributed by atoms with van der Waals surface area (Å²) >= 11 is 0. The molecule has 0 heterocycles. The number of hydrogen-bond donors (Lipinski definition) is 2. The first-order valence-corrected chi connectivity index (χ1v) is 9.28. The summed E-state index contributed by atoms with van der Waals surface area (Å²) < 4.78 is 33.4. The van der Waals surface area contributed by atoms with Crippen LogP contribution in [-0.2, 0) is 23.0 Å². The number of phenolic OH excluding ortho intramolecular Hbond substituents is 1. The second-order valence-corrected chi connectivity index (χ2v) is 7.21. The van der Waals surface area contributed by atoms with Gasteiger partial charge in [-0.25, -0.2) is 0 Å². The molecule has 0 aliphatic carbocycles. The van der Waals surface area contributed by atoms with Crippen molar-refractivity contribution in [2.75, 3.05) is 0 Å². The fourth-order valence-corrected chi connectivity index (χ4v) is 3.77. The van der Waals surface area contributed by atoms with E-state index < -0.39 is 20.8 Å². The van der Waals surface area contributed by atoms with Crippen molar-refractivity contribution in [1.82, 2.24) is 0 Å². The third kappa shape index (κ3) is 4.07. The monoisotopic (exact) mass is 354 g/mol. The maximum absolute atomic E-state index is 11.9. The van der Waals surface area contributed by atoms with Crippen molar-refractivity contribution in [3.63, 3.8) is 0 Å². The Kier molecular flexibility index (Phi) is 4.88. The third-order valence-electron chi connectivity index (χ3n) is 4.06. The Balaban J connectivity index is 2.14. The zero-order chi connectivity index (χ0) is 17.9. The van der Waals surface area contributed by atoms with Gasteiger partial charge in [-0.05, 0) is 41.2 Å². The first-order valence-electron chi connectivity index (χ1n) is 7.84. The molecular formula is C20H18O4S. The molecule has 0 bridgehead atoms. The standard InChI is InChI=1S/C20H18O4S/c21-19-12-11-17(13-15-7-3-1-4-8-15)18(20(19)25(22,23)24)14-16-9-5-2-6-10-16/h1-12,21H,13-14H2,(H,22,23,24). The Morgan fingerprint density at radius 3 is 1.76 bits per heavy atom. The van der Waals surface area contributed by atoms with Crippen LogP contribution in [0.5, 0.6) is 5.75 Å². The molecule has 0 saturated heterocycles. The van der Waals surface area contributed by atoms with Gasteiger partial charge in [0.25, 0.3) is 10.1 Å². The van der Waals surface area contributed by atoms with Gasteiger partial charge in [0.2, 0.25) is 0 Å². The molecule has 0 spiro atoms. The summed E-state index contributed by atoms with van der Waals surface area (Å²) in [6, 6.07) is 22.0. The van der Waals surface area contributed by atoms with E-state index in [1.165, 1.54) is 6.07 Å². The highest BCUT2D eigenvalue weighted by Crippen LogP contribution is 2.32. The minimum atomic E-state index is -4.55. The minimum absolute atomic E-state index is 0.298. The highest BCUT2D eigenvalue weighted by Gasteiger charge is 2.23. The lowest BCUT2D eigenvalue weighted by Crippen LogP contribution is -2.08. The number of hydrogen-bond acceptors (Lipinski definition) is 3. The van der Waals surface area contributed by atoms with E-state index in [1.807, 2.05) is 60.7 Å². The average molecular weight is 354 g/mol. The Hall–Kier alpha value is -2.63. The Morgan fingerprint density at radius 2 is 1.24 bits per heavy atom. The molecule has 3 aromatic rings. The number of benzene rings is 3. The topological polar surface area (TPSA) is 74.6 Å². The molecule has 5 heteroatoms. The van der Waals surface area contributed by atoms with Crippen molar-refractivity contribution >= 4 is 10.1 Å². The van der Waals surface area contributed by atoms with Crippen molar-refractivity contribution < 1.29 is 18.1 Å². The van der Waals surface area contributed by atoms with Crippen molar-refractivity contribution in [3.8, 4) is 5.75 Å². The summed E-state index contributed by atoms with van der Waals surface area (Å²) in [6.07, 6.45) is 0.804. The highest BCUT2D eigenvalue weighted by atomic mass is 32.2. The zero-order valence-electron chi connectivity index (χ0n) is 13.5. The van der Waals surface area contributed by atoms with E-state index >= 15 is 0 Å². The zero-order valence-corrected chi connectivity index (χ0v) is 14.3. The highest BCUT2D eigenvalue weighted by molar-refractivity contribution is 7.86. The van der Waals surface area contributed by atoms with E-state index in [0.29, 0.717) is 18.4 Å². The van der Waals surface area contributed by atoms with Crippen LogP contribution in [0.3, 0.4) is 0 Å². The lowest BCUT2D eigenvalue weighted by Gasteiger charge is -2.15. The Morgan fingerprint density at radius 1 is 0.720 bits per heavy atom. The van der Waals surface area contributed by atoms with Crippen molar-refractivity contribution in [1.29, 1.82) is 0 Å². The molecule has 0 aliphatic rings. The summed E-state index contributed by atoms with van der Waals surface area (Å²) in [5, 5.41) is 10.1. The first kappa shape index (κ1) is 17.2. The molecule has 128 valence electrons. The average Bonchev–Trinajstić information content (AvgIpc) is 2.58. The summed E-state index contributed by atoms with van der Waals surface area (Å²) in [5.41, 5.74) is 3.08. The van der Waals surface area contributed by atoms with Crippen LogP contribution in [0.15, 0.2) is 77.7 Å². The predicted octanol–water partition coefficient (Wildman–Crippen LogP) is 3.82.